The maximum Gasteiger partial charge on any atom is 0.146 e. The Hall–Kier alpha value is -10.2. The fraction of sp³-hybridized carbons (Fsp3) is 0. The van der Waals surface area contributed by atoms with Gasteiger partial charge in [0.15, 0.2) is 0 Å². The molecular formula is C76H40N2O2S2. The maximum atomic E-state index is 7.17. The molecule has 0 atom stereocenters. The standard InChI is InChI=1S/C76H40N2O2S2/c1-2-17-44(18-3-1)77-59-40-42(32-34-53(59)70-71(77)75-67(56-25-9-13-31-62(56)81-75)65-54-23-7-11-29-60(54)79-73(65)70)41-33-37-63-57(39-41)68-66-55-24-8-12-30-61(55)80-74(66)69-52-22-6-10-28-58(52)78(72(69)76(68)82-63)45-19-14-16-43(38-45)46-35-36-51-48-21-5-4-20-47(48)50-27-15-26-49(46)64(50)51/h1-40H. The molecule has 4 nitrogen and oxygen atoms in total. The topological polar surface area (TPSA) is 36.1 Å². The largest absolute Gasteiger partial charge is 0.455 e. The van der Waals surface area contributed by atoms with E-state index in [0.717, 1.165) is 93.7 Å². The second kappa shape index (κ2) is 15.8. The summed E-state index contributed by atoms with van der Waals surface area (Å²) in [6.07, 6.45) is 0. The van der Waals surface area contributed by atoms with Gasteiger partial charge < -0.3 is 18.0 Å². The van der Waals surface area contributed by atoms with Crippen LogP contribution in [0.2, 0.25) is 0 Å². The van der Waals surface area contributed by atoms with Crippen LogP contribution in [0, 0.1) is 0 Å². The van der Waals surface area contributed by atoms with Crippen LogP contribution < -0.4 is 0 Å². The van der Waals surface area contributed by atoms with Crippen molar-refractivity contribution in [1.29, 1.82) is 0 Å². The lowest BCUT2D eigenvalue weighted by atomic mass is 9.94. The Bertz CT molecular complexity index is 6050. The molecule has 1 aliphatic carbocycles. The fourth-order valence-electron chi connectivity index (χ4n) is 14.7. The molecule has 0 unspecified atom stereocenters. The van der Waals surface area contributed by atoms with Crippen LogP contribution in [0.25, 0.3) is 194 Å². The van der Waals surface area contributed by atoms with E-state index >= 15 is 0 Å². The van der Waals surface area contributed by atoms with Gasteiger partial charge in [-0.15, -0.1) is 22.7 Å². The summed E-state index contributed by atoms with van der Waals surface area (Å²) < 4.78 is 24.2. The normalized spacial score (nSPS) is 12.6. The van der Waals surface area contributed by atoms with Gasteiger partial charge in [-0.05, 0) is 122 Å². The Morgan fingerprint density at radius 1 is 0.268 bits per heavy atom. The van der Waals surface area contributed by atoms with E-state index in [2.05, 4.69) is 252 Å². The zero-order valence-corrected chi connectivity index (χ0v) is 45.3. The minimum Gasteiger partial charge on any atom is -0.455 e. The maximum absolute atomic E-state index is 7.17. The van der Waals surface area contributed by atoms with E-state index in [-0.39, 0.29) is 0 Å². The first-order valence-electron chi connectivity index (χ1n) is 28.0. The predicted molar refractivity (Wildman–Crippen MR) is 348 cm³/mol. The van der Waals surface area contributed by atoms with Crippen LogP contribution in [0.3, 0.4) is 0 Å². The Balaban J connectivity index is 0.849. The molecule has 0 saturated heterocycles. The van der Waals surface area contributed by atoms with Crippen molar-refractivity contribution >= 4 is 161 Å². The minimum absolute atomic E-state index is 0.889. The first-order valence-corrected chi connectivity index (χ1v) is 29.6. The Kier molecular flexibility index (Phi) is 8.39. The number of hydrogen-bond donors (Lipinski definition) is 0. The molecule has 1 aliphatic rings. The summed E-state index contributed by atoms with van der Waals surface area (Å²) in [5, 5.41) is 16.8. The van der Waals surface area contributed by atoms with Gasteiger partial charge in [0, 0.05) is 74.6 Å². The molecule has 0 N–H and O–H groups in total. The molecule has 6 heteroatoms. The van der Waals surface area contributed by atoms with Gasteiger partial charge in [0.1, 0.15) is 22.3 Å². The smallest absolute Gasteiger partial charge is 0.146 e. The third-order valence-corrected chi connectivity index (χ3v) is 20.4. The summed E-state index contributed by atoms with van der Waals surface area (Å²) in [5.41, 5.74) is 20.4. The first-order chi connectivity index (χ1) is 40.7. The van der Waals surface area contributed by atoms with Crippen LogP contribution in [0.4, 0.5) is 0 Å². The summed E-state index contributed by atoms with van der Waals surface area (Å²) in [6.45, 7) is 0. The molecule has 20 rings (SSSR count). The molecule has 378 valence electrons. The van der Waals surface area contributed by atoms with E-state index in [4.69, 9.17) is 8.83 Å². The van der Waals surface area contributed by atoms with Gasteiger partial charge in [-0.2, -0.15) is 0 Å². The van der Waals surface area contributed by atoms with Crippen LogP contribution in [0.5, 0.6) is 0 Å². The van der Waals surface area contributed by atoms with E-state index in [9.17, 15) is 0 Å². The number of furan rings is 2. The molecule has 13 aromatic carbocycles. The van der Waals surface area contributed by atoms with E-state index in [1.807, 2.05) is 22.7 Å². The molecule has 0 amide bonds. The number of rotatable bonds is 4. The first kappa shape index (κ1) is 43.6. The Morgan fingerprint density at radius 2 is 0.793 bits per heavy atom. The highest BCUT2D eigenvalue weighted by molar-refractivity contribution is 7.27. The van der Waals surface area contributed by atoms with Gasteiger partial charge in [-0.25, -0.2) is 0 Å². The summed E-state index contributed by atoms with van der Waals surface area (Å²) >= 11 is 3.77. The molecule has 0 fully saturated rings. The SMILES string of the molecule is c1ccc(-n2c3cc(-c4ccc5sc6c(c5c4)c4c5ccccc5oc4c4c5ccccc5n(-c5cccc(-c7ccc8c9c(cccc79)-c7ccccc7-8)c5)c64)ccc3c3c4oc5ccccc5c4c4c5ccccc5sc4c32)cc1. The lowest BCUT2D eigenvalue weighted by Crippen LogP contribution is -1.95. The van der Waals surface area contributed by atoms with Crippen LogP contribution in [-0.4, -0.2) is 9.13 Å². The third kappa shape index (κ3) is 5.55. The Labute approximate surface area is 474 Å². The van der Waals surface area contributed by atoms with Crippen LogP contribution in [0.15, 0.2) is 251 Å². The summed E-state index contributed by atoms with van der Waals surface area (Å²) in [6, 6.07) is 89.4. The molecule has 0 radical (unpaired) electrons. The van der Waals surface area contributed by atoms with Crippen molar-refractivity contribution in [2.75, 3.05) is 0 Å². The molecule has 0 saturated carbocycles. The zero-order chi connectivity index (χ0) is 53.1. The average Bonchev–Trinajstić information content (AvgIpc) is 2.66. The molecule has 82 heavy (non-hydrogen) atoms. The number of hydrogen-bond acceptors (Lipinski definition) is 4. The molecule has 0 aliphatic heterocycles. The van der Waals surface area contributed by atoms with Gasteiger partial charge in [0.2, 0.25) is 0 Å². The van der Waals surface area contributed by atoms with Gasteiger partial charge in [0.25, 0.3) is 0 Å². The second-order valence-corrected chi connectivity index (χ2v) is 24.2. The van der Waals surface area contributed by atoms with Gasteiger partial charge in [-0.3, -0.25) is 0 Å². The predicted octanol–water partition coefficient (Wildman–Crippen LogP) is 22.6. The summed E-state index contributed by atoms with van der Waals surface area (Å²) in [5.74, 6) is 0. The van der Waals surface area contributed by atoms with Crippen molar-refractivity contribution in [2.24, 2.45) is 0 Å². The van der Waals surface area contributed by atoms with Gasteiger partial charge >= 0.3 is 0 Å². The highest BCUT2D eigenvalue weighted by Gasteiger charge is 2.29. The highest BCUT2D eigenvalue weighted by atomic mass is 32.1. The molecule has 0 spiro atoms. The Morgan fingerprint density at radius 3 is 1.55 bits per heavy atom. The average molecular weight is 1080 g/mol. The van der Waals surface area contributed by atoms with E-state index in [1.54, 1.807) is 0 Å². The second-order valence-electron chi connectivity index (χ2n) is 22.1. The van der Waals surface area contributed by atoms with Crippen molar-refractivity contribution in [3.05, 3.63) is 243 Å². The van der Waals surface area contributed by atoms with Crippen LogP contribution in [0.1, 0.15) is 0 Å². The van der Waals surface area contributed by atoms with Crippen LogP contribution >= 0.6 is 22.7 Å². The molecule has 6 heterocycles. The number of benzene rings is 13. The molecule has 0 bridgehead atoms. The third-order valence-electron chi connectivity index (χ3n) is 18.0. The summed E-state index contributed by atoms with van der Waals surface area (Å²) in [4.78, 5) is 0. The van der Waals surface area contributed by atoms with E-state index < -0.39 is 0 Å². The number of fused-ring (bicyclic) bond motifs is 27. The molecule has 6 aromatic heterocycles. The monoisotopic (exact) mass is 1080 g/mol. The van der Waals surface area contributed by atoms with Crippen molar-refractivity contribution in [3.63, 3.8) is 0 Å². The molecular weight excluding hydrogens is 1040 g/mol. The van der Waals surface area contributed by atoms with Crippen molar-refractivity contribution < 1.29 is 8.83 Å². The lowest BCUT2D eigenvalue weighted by molar-refractivity contribution is 0.672. The lowest BCUT2D eigenvalue weighted by Gasteiger charge is -2.13. The zero-order valence-electron chi connectivity index (χ0n) is 43.6. The number of thiophene rings is 2. The highest BCUT2D eigenvalue weighted by Crippen LogP contribution is 2.55. The van der Waals surface area contributed by atoms with Gasteiger partial charge in [-0.1, -0.05) is 176 Å². The summed E-state index contributed by atoms with van der Waals surface area (Å²) in [7, 11) is 0. The molecule has 19 aromatic rings. The number of para-hydroxylation sites is 4. The van der Waals surface area contributed by atoms with Crippen LogP contribution in [-0.2, 0) is 0 Å². The quantitative estimate of drug-likeness (QED) is 0.176. The van der Waals surface area contributed by atoms with Crippen molar-refractivity contribution in [2.45, 2.75) is 0 Å². The number of aromatic nitrogens is 2. The van der Waals surface area contributed by atoms with Gasteiger partial charge in [0.05, 0.1) is 42.2 Å². The van der Waals surface area contributed by atoms with E-state index in [0.29, 0.717) is 0 Å². The van der Waals surface area contributed by atoms with Crippen molar-refractivity contribution in [1.82, 2.24) is 9.13 Å². The van der Waals surface area contributed by atoms with E-state index in [1.165, 1.54) is 101 Å². The minimum atomic E-state index is 0.889. The fourth-order valence-corrected chi connectivity index (χ4v) is 17.2. The van der Waals surface area contributed by atoms with Crippen molar-refractivity contribution in [3.8, 4) is 55.9 Å². The number of nitrogens with zero attached hydrogens (tertiary/aromatic N) is 2.